The predicted octanol–water partition coefficient (Wildman–Crippen LogP) is 3.81. The Kier molecular flexibility index (Phi) is 5.41. The van der Waals surface area contributed by atoms with Crippen molar-refractivity contribution >= 4 is 27.5 Å². The van der Waals surface area contributed by atoms with Crippen LogP contribution in [0.3, 0.4) is 0 Å². The van der Waals surface area contributed by atoms with Gasteiger partial charge >= 0.3 is 0 Å². The van der Waals surface area contributed by atoms with Crippen LogP contribution in [0.1, 0.15) is 17.3 Å². The van der Waals surface area contributed by atoms with Crippen molar-refractivity contribution in [2.75, 3.05) is 37.7 Å². The molecule has 24 heavy (non-hydrogen) atoms. The number of para-hydroxylation sites is 1. The lowest BCUT2D eigenvalue weighted by molar-refractivity contribution is 0.0742. The molecule has 4 nitrogen and oxygen atoms in total. The molecule has 5 heteroatoms. The minimum Gasteiger partial charge on any atom is -0.493 e. The van der Waals surface area contributed by atoms with Gasteiger partial charge in [0.15, 0.2) is 0 Å². The van der Waals surface area contributed by atoms with E-state index in [1.807, 2.05) is 48.2 Å². The topological polar surface area (TPSA) is 32.8 Å². The molecule has 1 amide bonds. The SMILES string of the molecule is CCOc1ccc(Br)cc1C(=O)N1CCN(c2ccccc2)CC1. The molecule has 1 aliphatic heterocycles. The van der Waals surface area contributed by atoms with E-state index in [1.165, 1.54) is 5.69 Å². The molecule has 0 spiro atoms. The van der Waals surface area contributed by atoms with Crippen LogP contribution in [0.5, 0.6) is 5.75 Å². The van der Waals surface area contributed by atoms with Gasteiger partial charge in [-0.25, -0.2) is 0 Å². The van der Waals surface area contributed by atoms with Crippen molar-refractivity contribution in [3.63, 3.8) is 0 Å². The van der Waals surface area contributed by atoms with Gasteiger partial charge in [0.2, 0.25) is 0 Å². The van der Waals surface area contributed by atoms with E-state index in [9.17, 15) is 4.79 Å². The Bertz CT molecular complexity index is 698. The Labute approximate surface area is 151 Å². The highest BCUT2D eigenvalue weighted by atomic mass is 79.9. The maximum absolute atomic E-state index is 12.9. The van der Waals surface area contributed by atoms with E-state index in [4.69, 9.17) is 4.74 Å². The molecule has 1 heterocycles. The van der Waals surface area contributed by atoms with Crippen LogP contribution in [0, 0.1) is 0 Å². The smallest absolute Gasteiger partial charge is 0.257 e. The van der Waals surface area contributed by atoms with Crippen molar-refractivity contribution in [2.24, 2.45) is 0 Å². The van der Waals surface area contributed by atoms with Gasteiger partial charge in [0.1, 0.15) is 5.75 Å². The standard InChI is InChI=1S/C19H21BrN2O2/c1-2-24-18-9-8-15(20)14-17(18)19(23)22-12-10-21(11-13-22)16-6-4-3-5-7-16/h3-9,14H,2,10-13H2,1H3. The number of amides is 1. The third kappa shape index (κ3) is 3.73. The maximum Gasteiger partial charge on any atom is 0.257 e. The van der Waals surface area contributed by atoms with Gasteiger partial charge in [0.25, 0.3) is 5.91 Å². The summed E-state index contributed by atoms with van der Waals surface area (Å²) in [4.78, 5) is 17.1. The molecule has 0 radical (unpaired) electrons. The lowest BCUT2D eigenvalue weighted by atomic mass is 10.1. The van der Waals surface area contributed by atoms with Crippen molar-refractivity contribution in [3.05, 3.63) is 58.6 Å². The molecule has 1 aliphatic rings. The third-order valence-electron chi connectivity index (χ3n) is 4.16. The highest BCUT2D eigenvalue weighted by Crippen LogP contribution is 2.25. The number of carbonyl (C=O) groups is 1. The first-order valence-electron chi connectivity index (χ1n) is 8.20. The Morgan fingerprint density at radius 2 is 1.79 bits per heavy atom. The molecule has 1 saturated heterocycles. The number of anilines is 1. The Hall–Kier alpha value is -2.01. The molecule has 126 valence electrons. The molecule has 0 aliphatic carbocycles. The zero-order chi connectivity index (χ0) is 16.9. The first kappa shape index (κ1) is 16.8. The summed E-state index contributed by atoms with van der Waals surface area (Å²) < 4.78 is 6.50. The average Bonchev–Trinajstić information content (AvgIpc) is 2.64. The van der Waals surface area contributed by atoms with Crippen LogP contribution < -0.4 is 9.64 Å². The molecule has 1 fully saturated rings. The van der Waals surface area contributed by atoms with Crippen LogP contribution in [0.2, 0.25) is 0 Å². The highest BCUT2D eigenvalue weighted by molar-refractivity contribution is 9.10. The third-order valence-corrected chi connectivity index (χ3v) is 4.65. The van der Waals surface area contributed by atoms with E-state index < -0.39 is 0 Å². The quantitative estimate of drug-likeness (QED) is 0.797. The molecule has 0 N–H and O–H groups in total. The van der Waals surface area contributed by atoms with Crippen LogP contribution in [-0.2, 0) is 0 Å². The van der Waals surface area contributed by atoms with Crippen molar-refractivity contribution < 1.29 is 9.53 Å². The molecular weight excluding hydrogens is 368 g/mol. The Morgan fingerprint density at radius 3 is 2.46 bits per heavy atom. The maximum atomic E-state index is 12.9. The van der Waals surface area contributed by atoms with E-state index in [-0.39, 0.29) is 5.91 Å². The van der Waals surface area contributed by atoms with Gasteiger partial charge in [0.05, 0.1) is 12.2 Å². The first-order valence-corrected chi connectivity index (χ1v) is 9.00. The van der Waals surface area contributed by atoms with Crippen LogP contribution in [0.15, 0.2) is 53.0 Å². The molecule has 0 unspecified atom stereocenters. The number of hydrogen-bond donors (Lipinski definition) is 0. The monoisotopic (exact) mass is 388 g/mol. The summed E-state index contributed by atoms with van der Waals surface area (Å²) in [6.07, 6.45) is 0. The first-order chi connectivity index (χ1) is 11.7. The summed E-state index contributed by atoms with van der Waals surface area (Å²) in [5.74, 6) is 0.684. The lowest BCUT2D eigenvalue weighted by Crippen LogP contribution is -2.48. The Balaban J connectivity index is 1.70. The van der Waals surface area contributed by atoms with E-state index in [1.54, 1.807) is 0 Å². The molecule has 3 rings (SSSR count). The second-order valence-corrected chi connectivity index (χ2v) is 6.60. The van der Waals surface area contributed by atoms with Gasteiger partial charge in [-0.2, -0.15) is 0 Å². The lowest BCUT2D eigenvalue weighted by Gasteiger charge is -2.36. The van der Waals surface area contributed by atoms with Gasteiger partial charge in [-0.1, -0.05) is 34.1 Å². The number of halogens is 1. The Morgan fingerprint density at radius 1 is 1.08 bits per heavy atom. The number of carbonyl (C=O) groups excluding carboxylic acids is 1. The molecule has 0 saturated carbocycles. The van der Waals surface area contributed by atoms with Crippen molar-refractivity contribution in [3.8, 4) is 5.75 Å². The number of ether oxygens (including phenoxy) is 1. The van der Waals surface area contributed by atoms with Crippen molar-refractivity contribution in [2.45, 2.75) is 6.92 Å². The zero-order valence-electron chi connectivity index (χ0n) is 13.7. The number of benzene rings is 2. The van der Waals surface area contributed by atoms with Gasteiger partial charge in [-0.3, -0.25) is 4.79 Å². The fourth-order valence-electron chi connectivity index (χ4n) is 2.93. The molecular formula is C19H21BrN2O2. The van der Waals surface area contributed by atoms with Gasteiger partial charge in [-0.15, -0.1) is 0 Å². The van der Waals surface area contributed by atoms with Crippen LogP contribution in [0.25, 0.3) is 0 Å². The van der Waals surface area contributed by atoms with E-state index >= 15 is 0 Å². The number of hydrogen-bond acceptors (Lipinski definition) is 3. The molecule has 0 atom stereocenters. The van der Waals surface area contributed by atoms with Crippen LogP contribution in [-0.4, -0.2) is 43.6 Å². The molecule has 2 aromatic carbocycles. The summed E-state index contributed by atoms with van der Waals surface area (Å²) in [7, 11) is 0. The van der Waals surface area contributed by atoms with Crippen molar-refractivity contribution in [1.29, 1.82) is 0 Å². The number of rotatable bonds is 4. The second-order valence-electron chi connectivity index (χ2n) is 5.69. The minimum absolute atomic E-state index is 0.0347. The summed E-state index contributed by atoms with van der Waals surface area (Å²) in [5, 5.41) is 0. The predicted molar refractivity (Wildman–Crippen MR) is 99.9 cm³/mol. The normalized spacial score (nSPS) is 14.6. The van der Waals surface area contributed by atoms with Gasteiger partial charge in [-0.05, 0) is 37.3 Å². The van der Waals surface area contributed by atoms with Gasteiger partial charge < -0.3 is 14.5 Å². The number of nitrogens with zero attached hydrogens (tertiary/aromatic N) is 2. The van der Waals surface area contributed by atoms with Crippen molar-refractivity contribution in [1.82, 2.24) is 4.90 Å². The number of piperazine rings is 1. The average molecular weight is 389 g/mol. The van der Waals surface area contributed by atoms with Gasteiger partial charge in [0, 0.05) is 36.3 Å². The minimum atomic E-state index is 0.0347. The second kappa shape index (κ2) is 7.71. The van der Waals surface area contributed by atoms with Crippen LogP contribution in [0.4, 0.5) is 5.69 Å². The van der Waals surface area contributed by atoms with E-state index in [0.717, 1.165) is 17.6 Å². The summed E-state index contributed by atoms with van der Waals surface area (Å²) >= 11 is 3.45. The molecule has 0 bridgehead atoms. The largest absolute Gasteiger partial charge is 0.493 e. The van der Waals surface area contributed by atoms with E-state index in [2.05, 4.69) is 33.0 Å². The summed E-state index contributed by atoms with van der Waals surface area (Å²) in [6.45, 7) is 5.58. The zero-order valence-corrected chi connectivity index (χ0v) is 15.3. The fraction of sp³-hybridized carbons (Fsp3) is 0.316. The van der Waals surface area contributed by atoms with E-state index in [0.29, 0.717) is 31.0 Å². The fourth-order valence-corrected chi connectivity index (χ4v) is 3.29. The van der Waals surface area contributed by atoms with Crippen LogP contribution >= 0.6 is 15.9 Å². The summed E-state index contributed by atoms with van der Waals surface area (Å²) in [5.41, 5.74) is 1.83. The summed E-state index contributed by atoms with van der Waals surface area (Å²) in [6, 6.07) is 15.9. The molecule has 0 aromatic heterocycles. The molecule has 2 aromatic rings. The highest BCUT2D eigenvalue weighted by Gasteiger charge is 2.24.